The number of rotatable bonds is 12. The van der Waals surface area contributed by atoms with Crippen molar-refractivity contribution in [3.8, 4) is 11.5 Å². The third-order valence-corrected chi connectivity index (χ3v) is 9.99. The Hall–Kier alpha value is -4.25. The maximum atomic E-state index is 14.6. The molecule has 0 saturated heterocycles. The minimum atomic E-state index is -4.27. The third kappa shape index (κ3) is 8.38. The highest BCUT2D eigenvalue weighted by molar-refractivity contribution is 7.92. The second kappa shape index (κ2) is 15.1. The molecule has 2 amide bonds. The van der Waals surface area contributed by atoms with Gasteiger partial charge in [0.05, 0.1) is 20.6 Å². The molecule has 1 aliphatic heterocycles. The molecule has 4 aromatic carbocycles. The Balaban J connectivity index is 1.59. The van der Waals surface area contributed by atoms with Crippen LogP contribution in [0.4, 0.5) is 5.69 Å². The maximum absolute atomic E-state index is 14.6. The minimum absolute atomic E-state index is 0.00268. The van der Waals surface area contributed by atoms with Gasteiger partial charge in [0, 0.05) is 25.1 Å². The molecular weight excluding hydrogens is 661 g/mol. The summed E-state index contributed by atoms with van der Waals surface area (Å²) in [7, 11) is -4.27. The zero-order chi connectivity index (χ0) is 33.6. The average molecular weight is 697 g/mol. The molecule has 4 aromatic rings. The van der Waals surface area contributed by atoms with Crippen LogP contribution >= 0.6 is 23.2 Å². The van der Waals surface area contributed by atoms with E-state index in [0.717, 1.165) is 9.87 Å². The average Bonchev–Trinajstić information content (AvgIpc) is 3.07. The number of anilines is 1. The smallest absolute Gasteiger partial charge is 0.264 e. The van der Waals surface area contributed by atoms with Gasteiger partial charge in [0.2, 0.25) is 11.8 Å². The van der Waals surface area contributed by atoms with E-state index < -0.39 is 28.5 Å². The van der Waals surface area contributed by atoms with Crippen molar-refractivity contribution in [2.45, 2.75) is 43.8 Å². The van der Waals surface area contributed by atoms with Crippen molar-refractivity contribution in [3.63, 3.8) is 0 Å². The molecule has 246 valence electrons. The minimum Gasteiger partial charge on any atom is -0.486 e. The Morgan fingerprint density at radius 1 is 0.809 bits per heavy atom. The standard InChI is InChI=1S/C35H35Cl2N3O6S/c1-24(2)38-35(42)31(20-25-9-5-3-6-10-25)39(22-26-13-15-29(36)30(37)19-26)34(41)23-40(47(43,44)28-11-7-4-8-12-28)27-14-16-32-33(21-27)46-18-17-45-32/h3-16,19,21,24,31H,17-18,20,22-23H2,1-2H3,(H,38,42). The van der Waals surface area contributed by atoms with E-state index in [-0.39, 0.29) is 40.5 Å². The summed E-state index contributed by atoms with van der Waals surface area (Å²) in [5.41, 5.74) is 1.64. The SMILES string of the molecule is CC(C)NC(=O)C(Cc1ccccc1)N(Cc1ccc(Cl)c(Cl)c1)C(=O)CN(c1ccc2c(c1)OCCO2)S(=O)(=O)c1ccccc1. The fourth-order valence-corrected chi connectivity index (χ4v) is 6.95. The van der Waals surface area contributed by atoms with Gasteiger partial charge in [-0.15, -0.1) is 0 Å². The highest BCUT2D eigenvalue weighted by atomic mass is 35.5. The molecule has 0 aromatic heterocycles. The predicted octanol–water partition coefficient (Wildman–Crippen LogP) is 6.12. The predicted molar refractivity (Wildman–Crippen MR) is 183 cm³/mol. The summed E-state index contributed by atoms with van der Waals surface area (Å²) in [5.74, 6) is -0.155. The van der Waals surface area contributed by atoms with Crippen molar-refractivity contribution in [2.24, 2.45) is 0 Å². The van der Waals surface area contributed by atoms with Crippen LogP contribution in [0.15, 0.2) is 102 Å². The normalized spacial score (nSPS) is 13.1. The Morgan fingerprint density at radius 3 is 2.13 bits per heavy atom. The first-order chi connectivity index (χ1) is 22.5. The van der Waals surface area contributed by atoms with Gasteiger partial charge in [-0.25, -0.2) is 8.42 Å². The summed E-state index contributed by atoms with van der Waals surface area (Å²) in [6, 6.07) is 25.7. The summed E-state index contributed by atoms with van der Waals surface area (Å²) in [4.78, 5) is 29.8. The van der Waals surface area contributed by atoms with Crippen LogP contribution in [0.3, 0.4) is 0 Å². The van der Waals surface area contributed by atoms with Gasteiger partial charge in [-0.05, 0) is 61.4 Å². The lowest BCUT2D eigenvalue weighted by Gasteiger charge is -2.34. The van der Waals surface area contributed by atoms with Crippen molar-refractivity contribution in [1.29, 1.82) is 0 Å². The molecule has 1 aliphatic rings. The molecule has 1 N–H and O–H groups in total. The maximum Gasteiger partial charge on any atom is 0.264 e. The molecule has 9 nitrogen and oxygen atoms in total. The van der Waals surface area contributed by atoms with Crippen molar-refractivity contribution in [3.05, 3.63) is 118 Å². The monoisotopic (exact) mass is 695 g/mol. The zero-order valence-electron chi connectivity index (χ0n) is 25.9. The number of ether oxygens (including phenoxy) is 2. The van der Waals surface area contributed by atoms with Crippen LogP contribution in [-0.4, -0.2) is 57.0 Å². The van der Waals surface area contributed by atoms with Crippen LogP contribution in [0.2, 0.25) is 10.0 Å². The fraction of sp³-hybridized carbons (Fsp3) is 0.257. The van der Waals surface area contributed by atoms with Gasteiger partial charge >= 0.3 is 0 Å². The largest absolute Gasteiger partial charge is 0.486 e. The molecular formula is C35H35Cl2N3O6S. The number of amides is 2. The van der Waals surface area contributed by atoms with E-state index in [2.05, 4.69) is 5.32 Å². The molecule has 1 atom stereocenters. The van der Waals surface area contributed by atoms with E-state index in [0.29, 0.717) is 35.3 Å². The van der Waals surface area contributed by atoms with Crippen LogP contribution in [0.25, 0.3) is 0 Å². The van der Waals surface area contributed by atoms with Crippen molar-refractivity contribution in [2.75, 3.05) is 24.1 Å². The Bertz CT molecular complexity index is 1820. The van der Waals surface area contributed by atoms with E-state index in [9.17, 15) is 18.0 Å². The number of benzene rings is 4. The quantitative estimate of drug-likeness (QED) is 0.191. The van der Waals surface area contributed by atoms with Crippen molar-refractivity contribution in [1.82, 2.24) is 10.2 Å². The lowest BCUT2D eigenvalue weighted by atomic mass is 10.0. The molecule has 12 heteroatoms. The van der Waals surface area contributed by atoms with Crippen LogP contribution in [0.5, 0.6) is 11.5 Å². The Kier molecular flexibility index (Phi) is 11.0. The first-order valence-corrected chi connectivity index (χ1v) is 17.3. The highest BCUT2D eigenvalue weighted by Gasteiger charge is 2.35. The zero-order valence-corrected chi connectivity index (χ0v) is 28.3. The second-order valence-corrected chi connectivity index (χ2v) is 14.0. The van der Waals surface area contributed by atoms with E-state index in [1.54, 1.807) is 54.6 Å². The van der Waals surface area contributed by atoms with Gasteiger partial charge in [-0.3, -0.25) is 13.9 Å². The van der Waals surface area contributed by atoms with Gasteiger partial charge in [0.15, 0.2) is 11.5 Å². The molecule has 0 aliphatic carbocycles. The second-order valence-electron chi connectivity index (χ2n) is 11.3. The van der Waals surface area contributed by atoms with Crippen molar-refractivity contribution < 1.29 is 27.5 Å². The Morgan fingerprint density at radius 2 is 1.47 bits per heavy atom. The summed E-state index contributed by atoms with van der Waals surface area (Å²) in [6.45, 7) is 3.67. The van der Waals surface area contributed by atoms with Crippen LogP contribution in [0.1, 0.15) is 25.0 Å². The number of hydrogen-bond donors (Lipinski definition) is 1. The Labute approximate surface area is 285 Å². The summed E-state index contributed by atoms with van der Waals surface area (Å²) >= 11 is 12.5. The number of halogens is 2. The molecule has 0 spiro atoms. The van der Waals surface area contributed by atoms with Gasteiger partial charge < -0.3 is 19.7 Å². The van der Waals surface area contributed by atoms with Gasteiger partial charge in [-0.2, -0.15) is 0 Å². The summed E-state index contributed by atoms with van der Waals surface area (Å²) in [6.07, 6.45) is 0.182. The third-order valence-electron chi connectivity index (χ3n) is 7.46. The topological polar surface area (TPSA) is 105 Å². The number of sulfonamides is 1. The molecule has 47 heavy (non-hydrogen) atoms. The number of nitrogens with zero attached hydrogens (tertiary/aromatic N) is 2. The molecule has 0 radical (unpaired) electrons. The lowest BCUT2D eigenvalue weighted by molar-refractivity contribution is -0.140. The summed E-state index contributed by atoms with van der Waals surface area (Å²) in [5, 5.41) is 3.56. The number of fused-ring (bicyclic) bond motifs is 1. The number of hydrogen-bond acceptors (Lipinski definition) is 6. The molecule has 5 rings (SSSR count). The first kappa shape index (κ1) is 34.1. The molecule has 0 fully saturated rings. The van der Waals surface area contributed by atoms with Crippen LogP contribution in [0, 0.1) is 0 Å². The highest BCUT2D eigenvalue weighted by Crippen LogP contribution is 2.36. The molecule has 1 unspecified atom stereocenters. The van der Waals surface area contributed by atoms with E-state index in [1.807, 2.05) is 44.2 Å². The van der Waals surface area contributed by atoms with E-state index in [4.69, 9.17) is 32.7 Å². The van der Waals surface area contributed by atoms with Crippen LogP contribution < -0.4 is 19.1 Å². The van der Waals surface area contributed by atoms with Gasteiger partial charge in [-0.1, -0.05) is 77.8 Å². The fourth-order valence-electron chi connectivity index (χ4n) is 5.20. The lowest BCUT2D eigenvalue weighted by Crippen LogP contribution is -2.54. The number of nitrogens with one attached hydrogen (secondary N) is 1. The molecule has 0 bridgehead atoms. The van der Waals surface area contributed by atoms with Gasteiger partial charge in [0.1, 0.15) is 25.8 Å². The first-order valence-electron chi connectivity index (χ1n) is 15.1. The number of carbonyl (C=O) groups excluding carboxylic acids is 2. The summed E-state index contributed by atoms with van der Waals surface area (Å²) < 4.78 is 40.8. The van der Waals surface area contributed by atoms with E-state index >= 15 is 0 Å². The van der Waals surface area contributed by atoms with Crippen molar-refractivity contribution >= 4 is 50.7 Å². The number of carbonyl (C=O) groups is 2. The van der Waals surface area contributed by atoms with Crippen LogP contribution in [-0.2, 0) is 32.6 Å². The van der Waals surface area contributed by atoms with Gasteiger partial charge in [0.25, 0.3) is 10.0 Å². The molecule has 1 heterocycles. The van der Waals surface area contributed by atoms with E-state index in [1.165, 1.54) is 17.0 Å². The molecule has 0 saturated carbocycles.